The number of aromatic nitrogens is 2. The van der Waals surface area contributed by atoms with Crippen LogP contribution in [0.3, 0.4) is 0 Å². The van der Waals surface area contributed by atoms with Crippen LogP contribution >= 0.6 is 23.5 Å². The van der Waals surface area contributed by atoms with Crippen LogP contribution in [0.15, 0.2) is 5.03 Å². The summed E-state index contributed by atoms with van der Waals surface area (Å²) in [7, 11) is 2.43. The number of nitrogens with zero attached hydrogens (tertiary/aromatic N) is 3. The topological polar surface area (TPSA) is 25.8 Å². The van der Waals surface area contributed by atoms with Crippen molar-refractivity contribution >= 4 is 23.5 Å². The number of hydrogen-bond acceptors (Lipinski definition) is 4. The first-order chi connectivity index (χ1) is 9.72. The lowest BCUT2D eigenvalue weighted by Gasteiger charge is -2.32. The Bertz CT molecular complexity index is 448. The minimum absolute atomic E-state index is 0.676. The van der Waals surface area contributed by atoms with E-state index in [9.17, 15) is 0 Å². The molecular formula is C15H26N3S2+. The van der Waals surface area contributed by atoms with Crippen molar-refractivity contribution in [3.05, 3.63) is 5.69 Å². The average Bonchev–Trinajstić information content (AvgIpc) is 2.97. The van der Waals surface area contributed by atoms with Gasteiger partial charge in [0.25, 0.3) is 0 Å². The summed E-state index contributed by atoms with van der Waals surface area (Å²) < 4.78 is 10.5. The highest BCUT2D eigenvalue weighted by atomic mass is 32.2. The Morgan fingerprint density at radius 3 is 3.00 bits per heavy atom. The molecule has 1 aromatic heterocycles. The van der Waals surface area contributed by atoms with Gasteiger partial charge in [-0.2, -0.15) is 8.75 Å². The molecule has 2 saturated heterocycles. The number of likely N-dealkylation sites (N-methyl/N-ethyl adjacent to an activating group) is 1. The molecule has 3 unspecified atom stereocenters. The van der Waals surface area contributed by atoms with Crippen molar-refractivity contribution < 1.29 is 4.48 Å². The summed E-state index contributed by atoms with van der Waals surface area (Å²) in [5.74, 6) is 2.73. The number of quaternary nitrogens is 1. The van der Waals surface area contributed by atoms with Crippen LogP contribution < -0.4 is 0 Å². The molecule has 0 spiro atoms. The Hall–Kier alpha value is -0.130. The Morgan fingerprint density at radius 2 is 2.20 bits per heavy atom. The summed E-state index contributed by atoms with van der Waals surface area (Å²) in [6, 6.07) is 0. The van der Waals surface area contributed by atoms with Crippen LogP contribution in [-0.2, 0) is 0 Å². The van der Waals surface area contributed by atoms with Gasteiger partial charge in [-0.3, -0.25) is 0 Å². The minimum Gasteiger partial charge on any atom is -0.325 e. The number of hydrogen-bond donors (Lipinski definition) is 0. The maximum absolute atomic E-state index is 4.69. The van der Waals surface area contributed by atoms with Gasteiger partial charge in [-0.05, 0) is 25.0 Å². The van der Waals surface area contributed by atoms with Crippen molar-refractivity contribution in [2.75, 3.05) is 32.4 Å². The van der Waals surface area contributed by atoms with E-state index in [4.69, 9.17) is 0 Å². The smallest absolute Gasteiger partial charge is 0.134 e. The van der Waals surface area contributed by atoms with Crippen LogP contribution in [0, 0.1) is 5.92 Å². The van der Waals surface area contributed by atoms with Crippen LogP contribution in [0.2, 0.25) is 0 Å². The van der Waals surface area contributed by atoms with Crippen molar-refractivity contribution in [3.63, 3.8) is 0 Å². The SMILES string of the molecule is CCCCCSc1nsnc1C1C[N+]2(C)CCCC1C2. The molecule has 0 radical (unpaired) electrons. The highest BCUT2D eigenvalue weighted by Crippen LogP contribution is 2.44. The lowest BCUT2D eigenvalue weighted by Crippen LogP contribution is -2.44. The van der Waals surface area contributed by atoms with Gasteiger partial charge in [0.1, 0.15) is 5.03 Å². The fourth-order valence-electron chi connectivity index (χ4n) is 3.95. The second-order valence-corrected chi connectivity index (χ2v) is 8.34. The van der Waals surface area contributed by atoms with Gasteiger partial charge in [0, 0.05) is 5.92 Å². The van der Waals surface area contributed by atoms with Gasteiger partial charge in [0.05, 0.1) is 50.0 Å². The summed E-state index contributed by atoms with van der Waals surface area (Å²) in [6.07, 6.45) is 6.73. The largest absolute Gasteiger partial charge is 0.325 e. The number of thioether (sulfide) groups is 1. The van der Waals surface area contributed by atoms with E-state index in [1.807, 2.05) is 11.8 Å². The normalized spacial score (nSPS) is 32.7. The van der Waals surface area contributed by atoms with Crippen LogP contribution in [0.25, 0.3) is 0 Å². The molecule has 3 nitrogen and oxygen atoms in total. The third-order valence-corrected chi connectivity index (χ3v) is 6.70. The van der Waals surface area contributed by atoms with Crippen molar-refractivity contribution in [1.82, 2.24) is 8.75 Å². The van der Waals surface area contributed by atoms with Gasteiger partial charge in [0.15, 0.2) is 0 Å². The molecule has 2 aliphatic rings. The third-order valence-electron chi connectivity index (χ3n) is 4.97. The maximum Gasteiger partial charge on any atom is 0.134 e. The molecule has 3 heterocycles. The molecule has 112 valence electrons. The van der Waals surface area contributed by atoms with Gasteiger partial charge in [-0.25, -0.2) is 0 Å². The van der Waals surface area contributed by atoms with E-state index in [0.29, 0.717) is 5.92 Å². The molecule has 5 heteroatoms. The van der Waals surface area contributed by atoms with E-state index in [1.165, 1.54) is 84.4 Å². The van der Waals surface area contributed by atoms with Crippen molar-refractivity contribution in [2.24, 2.45) is 5.92 Å². The lowest BCUT2D eigenvalue weighted by atomic mass is 9.89. The predicted molar refractivity (Wildman–Crippen MR) is 86.4 cm³/mol. The number of fused-ring (bicyclic) bond motifs is 2. The molecule has 0 amide bonds. The van der Waals surface area contributed by atoms with Crippen LogP contribution in [-0.4, -0.2) is 45.7 Å². The molecule has 0 aliphatic carbocycles. The lowest BCUT2D eigenvalue weighted by molar-refractivity contribution is -0.903. The summed E-state index contributed by atoms with van der Waals surface area (Å²) in [4.78, 5) is 0. The van der Waals surface area contributed by atoms with Crippen molar-refractivity contribution in [2.45, 2.75) is 50.0 Å². The zero-order chi connectivity index (χ0) is 14.0. The van der Waals surface area contributed by atoms with E-state index in [0.717, 1.165) is 5.92 Å². The minimum atomic E-state index is 0.676. The van der Waals surface area contributed by atoms with Crippen LogP contribution in [0.1, 0.15) is 50.6 Å². The quantitative estimate of drug-likeness (QED) is 0.454. The fraction of sp³-hybridized carbons (Fsp3) is 0.867. The van der Waals surface area contributed by atoms with E-state index in [1.54, 1.807) is 0 Å². The molecule has 2 fully saturated rings. The highest BCUT2D eigenvalue weighted by molar-refractivity contribution is 7.99. The Kier molecular flexibility index (Phi) is 4.68. The fourth-order valence-corrected chi connectivity index (χ4v) is 5.72. The van der Waals surface area contributed by atoms with Crippen LogP contribution in [0.5, 0.6) is 0 Å². The van der Waals surface area contributed by atoms with Crippen LogP contribution in [0.4, 0.5) is 0 Å². The van der Waals surface area contributed by atoms with Gasteiger partial charge in [-0.1, -0.05) is 19.8 Å². The Balaban J connectivity index is 1.67. The van der Waals surface area contributed by atoms with Crippen molar-refractivity contribution in [3.8, 4) is 0 Å². The van der Waals surface area contributed by atoms with E-state index in [2.05, 4.69) is 22.7 Å². The Morgan fingerprint density at radius 1 is 1.30 bits per heavy atom. The molecule has 0 aromatic carbocycles. The Labute approximate surface area is 131 Å². The molecule has 0 saturated carbocycles. The second kappa shape index (κ2) is 6.32. The average molecular weight is 313 g/mol. The summed E-state index contributed by atoms with van der Waals surface area (Å²) in [6.45, 7) is 6.28. The summed E-state index contributed by atoms with van der Waals surface area (Å²) in [5.41, 5.74) is 1.34. The number of rotatable bonds is 6. The number of piperidine rings is 1. The third kappa shape index (κ3) is 3.04. The van der Waals surface area contributed by atoms with E-state index < -0.39 is 0 Å². The predicted octanol–water partition coefficient (Wildman–Crippen LogP) is 3.77. The molecule has 0 N–H and O–H groups in total. The molecule has 2 aliphatic heterocycles. The first-order valence-electron chi connectivity index (χ1n) is 8.00. The van der Waals surface area contributed by atoms with E-state index >= 15 is 0 Å². The van der Waals surface area contributed by atoms with E-state index in [-0.39, 0.29) is 0 Å². The molecule has 3 atom stereocenters. The van der Waals surface area contributed by atoms with Gasteiger partial charge in [0.2, 0.25) is 0 Å². The first-order valence-corrected chi connectivity index (χ1v) is 9.72. The summed E-state index contributed by atoms with van der Waals surface area (Å²) in [5, 5.41) is 1.25. The highest BCUT2D eigenvalue weighted by Gasteiger charge is 2.47. The molecule has 1 aromatic rings. The first kappa shape index (κ1) is 14.8. The zero-order valence-corrected chi connectivity index (χ0v) is 14.3. The summed E-state index contributed by atoms with van der Waals surface area (Å²) >= 11 is 3.37. The zero-order valence-electron chi connectivity index (χ0n) is 12.7. The standard InChI is InChI=1S/C15H26N3S2/c1-3-4-5-9-19-15-14(16-20-17-15)13-11-18(2)8-6-7-12(13)10-18/h12-13H,3-11H2,1-2H3/q+1. The monoisotopic (exact) mass is 312 g/mol. The van der Waals surface area contributed by atoms with Gasteiger partial charge < -0.3 is 4.48 Å². The maximum atomic E-state index is 4.69. The second-order valence-electron chi connectivity index (χ2n) is 6.73. The van der Waals surface area contributed by atoms with Crippen molar-refractivity contribution in [1.29, 1.82) is 0 Å². The van der Waals surface area contributed by atoms with Gasteiger partial charge in [-0.15, -0.1) is 11.8 Å². The van der Waals surface area contributed by atoms with Gasteiger partial charge >= 0.3 is 0 Å². The molecule has 3 rings (SSSR count). The number of unbranched alkanes of at least 4 members (excludes halogenated alkanes) is 2. The molecule has 2 bridgehead atoms. The molecular weight excluding hydrogens is 286 g/mol. The molecule has 20 heavy (non-hydrogen) atoms.